The van der Waals surface area contributed by atoms with Crippen LogP contribution in [0.15, 0.2) is 24.3 Å². The predicted molar refractivity (Wildman–Crippen MR) is 80.7 cm³/mol. The second-order valence-electron chi connectivity index (χ2n) is 5.18. The van der Waals surface area contributed by atoms with Crippen LogP contribution < -0.4 is 10.6 Å². The van der Waals surface area contributed by atoms with Crippen molar-refractivity contribution in [1.82, 2.24) is 15.5 Å². The van der Waals surface area contributed by atoms with Gasteiger partial charge in [0.25, 0.3) is 0 Å². The van der Waals surface area contributed by atoms with E-state index in [1.54, 1.807) is 31.0 Å². The number of carbonyl (C=O) groups excluding carboxylic acids is 2. The second kappa shape index (κ2) is 9.11. The van der Waals surface area contributed by atoms with Crippen molar-refractivity contribution in [2.45, 2.75) is 19.5 Å². The Balaban J connectivity index is 2.36. The topological polar surface area (TPSA) is 70.7 Å². The number of urea groups is 1. The Kier molecular flexibility index (Phi) is 7.48. The molecule has 0 saturated heterocycles. The molecule has 0 aliphatic rings. The van der Waals surface area contributed by atoms with E-state index < -0.39 is 11.9 Å². The summed E-state index contributed by atoms with van der Waals surface area (Å²) in [4.78, 5) is 25.0. The SMILES string of the molecule is COCC(C)NC(=O)NC(=O)CN(C)Cc1cccc(F)c1. The zero-order valence-corrected chi connectivity index (χ0v) is 13.1. The molecule has 1 rings (SSSR count). The maximum atomic E-state index is 13.1. The van der Waals surface area contributed by atoms with Gasteiger partial charge in [-0.2, -0.15) is 0 Å². The van der Waals surface area contributed by atoms with Crippen LogP contribution in [-0.2, 0) is 16.1 Å². The van der Waals surface area contributed by atoms with E-state index >= 15 is 0 Å². The van der Waals surface area contributed by atoms with Crippen LogP contribution in [0, 0.1) is 5.82 Å². The first-order chi connectivity index (χ1) is 10.4. The molecule has 0 heterocycles. The lowest BCUT2D eigenvalue weighted by atomic mass is 10.2. The minimum absolute atomic E-state index is 0.0303. The summed E-state index contributed by atoms with van der Waals surface area (Å²) in [5.41, 5.74) is 0.758. The third-order valence-corrected chi connectivity index (χ3v) is 2.80. The quantitative estimate of drug-likeness (QED) is 0.791. The van der Waals surface area contributed by atoms with Crippen LogP contribution >= 0.6 is 0 Å². The number of amides is 3. The summed E-state index contributed by atoms with van der Waals surface area (Å²) in [6.07, 6.45) is 0. The van der Waals surface area contributed by atoms with Crippen LogP contribution in [0.3, 0.4) is 0 Å². The van der Waals surface area contributed by atoms with Gasteiger partial charge in [0.05, 0.1) is 19.2 Å². The van der Waals surface area contributed by atoms with Gasteiger partial charge < -0.3 is 10.1 Å². The number of hydrogen-bond acceptors (Lipinski definition) is 4. The summed E-state index contributed by atoms with van der Waals surface area (Å²) in [6.45, 7) is 2.57. The molecule has 0 bridgehead atoms. The summed E-state index contributed by atoms with van der Waals surface area (Å²) in [5.74, 6) is -0.747. The largest absolute Gasteiger partial charge is 0.383 e. The highest BCUT2D eigenvalue weighted by Gasteiger charge is 2.12. The van der Waals surface area contributed by atoms with Crippen LogP contribution in [0.25, 0.3) is 0 Å². The van der Waals surface area contributed by atoms with Gasteiger partial charge in [0.15, 0.2) is 0 Å². The van der Waals surface area contributed by atoms with E-state index in [1.807, 2.05) is 0 Å². The molecule has 2 N–H and O–H groups in total. The molecule has 0 spiro atoms. The van der Waals surface area contributed by atoms with Gasteiger partial charge in [0.2, 0.25) is 5.91 Å². The smallest absolute Gasteiger partial charge is 0.321 e. The van der Waals surface area contributed by atoms with Crippen molar-refractivity contribution in [2.75, 3.05) is 27.3 Å². The van der Waals surface area contributed by atoms with Gasteiger partial charge in [-0.25, -0.2) is 9.18 Å². The van der Waals surface area contributed by atoms with Crippen molar-refractivity contribution in [3.8, 4) is 0 Å². The number of methoxy groups -OCH3 is 1. The molecule has 1 aromatic carbocycles. The maximum absolute atomic E-state index is 13.1. The molecule has 7 heteroatoms. The van der Waals surface area contributed by atoms with E-state index in [-0.39, 0.29) is 18.4 Å². The summed E-state index contributed by atoms with van der Waals surface area (Å²) in [7, 11) is 3.25. The average molecular weight is 311 g/mol. The molecule has 0 aliphatic heterocycles. The van der Waals surface area contributed by atoms with Crippen LogP contribution in [0.5, 0.6) is 0 Å². The number of benzene rings is 1. The first-order valence-corrected chi connectivity index (χ1v) is 6.93. The normalized spacial score (nSPS) is 12.0. The van der Waals surface area contributed by atoms with Crippen molar-refractivity contribution in [3.05, 3.63) is 35.6 Å². The van der Waals surface area contributed by atoms with Crippen molar-refractivity contribution in [1.29, 1.82) is 0 Å². The minimum Gasteiger partial charge on any atom is -0.383 e. The first kappa shape index (κ1) is 18.1. The van der Waals surface area contributed by atoms with Gasteiger partial charge in [-0.1, -0.05) is 12.1 Å². The lowest BCUT2D eigenvalue weighted by Gasteiger charge is -2.17. The minimum atomic E-state index is -0.561. The van der Waals surface area contributed by atoms with E-state index in [0.29, 0.717) is 13.2 Å². The van der Waals surface area contributed by atoms with E-state index in [4.69, 9.17) is 4.74 Å². The number of hydrogen-bond donors (Lipinski definition) is 2. The Bertz CT molecular complexity index is 511. The highest BCUT2D eigenvalue weighted by Crippen LogP contribution is 2.05. The molecule has 3 amide bonds. The number of likely N-dealkylation sites (N-methyl/N-ethyl adjacent to an activating group) is 1. The van der Waals surface area contributed by atoms with Crippen LogP contribution in [0.1, 0.15) is 12.5 Å². The van der Waals surface area contributed by atoms with E-state index in [1.165, 1.54) is 19.2 Å². The summed E-state index contributed by atoms with van der Waals surface area (Å²) in [6, 6.07) is 5.41. The van der Waals surface area contributed by atoms with E-state index in [2.05, 4.69) is 10.6 Å². The average Bonchev–Trinajstić information content (AvgIpc) is 2.37. The molecular weight excluding hydrogens is 289 g/mol. The van der Waals surface area contributed by atoms with Crippen molar-refractivity contribution < 1.29 is 18.7 Å². The zero-order valence-electron chi connectivity index (χ0n) is 13.1. The van der Waals surface area contributed by atoms with Crippen LogP contribution in [-0.4, -0.2) is 50.2 Å². The van der Waals surface area contributed by atoms with Gasteiger partial charge in [-0.3, -0.25) is 15.0 Å². The maximum Gasteiger partial charge on any atom is 0.321 e. The Labute approximate surface area is 129 Å². The fourth-order valence-electron chi connectivity index (χ4n) is 1.97. The Morgan fingerprint density at radius 1 is 1.41 bits per heavy atom. The molecule has 22 heavy (non-hydrogen) atoms. The number of rotatable bonds is 7. The lowest BCUT2D eigenvalue weighted by Crippen LogP contribution is -2.47. The van der Waals surface area contributed by atoms with Gasteiger partial charge >= 0.3 is 6.03 Å². The third kappa shape index (κ3) is 7.14. The molecule has 0 radical (unpaired) electrons. The number of nitrogens with one attached hydrogen (secondary N) is 2. The van der Waals surface area contributed by atoms with Crippen molar-refractivity contribution >= 4 is 11.9 Å². The third-order valence-electron chi connectivity index (χ3n) is 2.80. The van der Waals surface area contributed by atoms with Crippen molar-refractivity contribution in [2.24, 2.45) is 0 Å². The Hall–Kier alpha value is -1.99. The molecule has 1 aromatic rings. The summed E-state index contributed by atoms with van der Waals surface area (Å²) < 4.78 is 18.0. The summed E-state index contributed by atoms with van der Waals surface area (Å²) in [5, 5.41) is 4.82. The number of halogens is 1. The standard InChI is InChI=1S/C15H22FN3O3/c1-11(10-22-3)17-15(21)18-14(20)9-19(2)8-12-5-4-6-13(16)7-12/h4-7,11H,8-10H2,1-3H3,(H2,17,18,20,21). The number of nitrogens with zero attached hydrogens (tertiary/aromatic N) is 1. The Morgan fingerprint density at radius 3 is 2.77 bits per heavy atom. The van der Waals surface area contributed by atoms with Crippen molar-refractivity contribution in [3.63, 3.8) is 0 Å². The second-order valence-corrected chi connectivity index (χ2v) is 5.18. The van der Waals surface area contributed by atoms with Crippen LogP contribution in [0.2, 0.25) is 0 Å². The highest BCUT2D eigenvalue weighted by molar-refractivity contribution is 5.95. The molecule has 6 nitrogen and oxygen atoms in total. The predicted octanol–water partition coefficient (Wildman–Crippen LogP) is 1.12. The molecule has 0 fully saturated rings. The fourth-order valence-corrected chi connectivity index (χ4v) is 1.97. The van der Waals surface area contributed by atoms with E-state index in [0.717, 1.165) is 5.56 Å². The highest BCUT2D eigenvalue weighted by atomic mass is 19.1. The molecule has 0 aliphatic carbocycles. The molecule has 1 unspecified atom stereocenters. The summed E-state index contributed by atoms with van der Waals surface area (Å²) >= 11 is 0. The van der Waals surface area contributed by atoms with E-state index in [9.17, 15) is 14.0 Å². The molecule has 0 aromatic heterocycles. The number of carbonyl (C=O) groups is 2. The van der Waals surface area contributed by atoms with Gasteiger partial charge in [0.1, 0.15) is 5.82 Å². The molecule has 0 saturated carbocycles. The molecule has 1 atom stereocenters. The first-order valence-electron chi connectivity index (χ1n) is 6.93. The van der Waals surface area contributed by atoms with Crippen LogP contribution in [0.4, 0.5) is 9.18 Å². The number of imide groups is 1. The van der Waals surface area contributed by atoms with Gasteiger partial charge in [-0.15, -0.1) is 0 Å². The fraction of sp³-hybridized carbons (Fsp3) is 0.467. The number of ether oxygens (including phenoxy) is 1. The Morgan fingerprint density at radius 2 is 2.14 bits per heavy atom. The molecular formula is C15H22FN3O3. The molecule has 122 valence electrons. The monoisotopic (exact) mass is 311 g/mol. The van der Waals surface area contributed by atoms with Gasteiger partial charge in [-0.05, 0) is 31.7 Å². The zero-order chi connectivity index (χ0) is 16.5. The lowest BCUT2D eigenvalue weighted by molar-refractivity contribution is -0.121. The van der Waals surface area contributed by atoms with Gasteiger partial charge in [0, 0.05) is 13.7 Å².